The normalized spacial score (nSPS) is 9.07. The summed E-state index contributed by atoms with van der Waals surface area (Å²) >= 11 is 0. The van der Waals surface area contributed by atoms with E-state index in [4.69, 9.17) is 0 Å². The van der Waals surface area contributed by atoms with Crippen molar-refractivity contribution < 1.29 is 66.8 Å². The molecule has 0 aliphatic heterocycles. The zero-order chi connectivity index (χ0) is 8.32. The number of hydrogen-bond donors (Lipinski definition) is 0. The number of quaternary nitrogens is 1. The second kappa shape index (κ2) is 9.00. The monoisotopic (exact) mass is 223 g/mol. The third kappa shape index (κ3) is 9.30. The fourth-order valence-electron chi connectivity index (χ4n) is 1.13. The van der Waals surface area contributed by atoms with Crippen LogP contribution in [0.15, 0.2) is 30.3 Å². The first kappa shape index (κ1) is 20.2. The van der Waals surface area contributed by atoms with E-state index in [9.17, 15) is 0 Å². The average molecular weight is 223 g/mol. The van der Waals surface area contributed by atoms with Crippen molar-refractivity contribution in [3.63, 3.8) is 0 Å². The molecule has 0 atom stereocenters. The molecule has 0 spiro atoms. The van der Waals surface area contributed by atoms with Crippen LogP contribution in [-0.4, -0.2) is 36.6 Å². The van der Waals surface area contributed by atoms with E-state index in [1.807, 2.05) is 0 Å². The molecule has 0 bridgehead atoms. The fraction of sp³-hybridized carbons (Fsp3) is 0.400. The Morgan fingerprint density at radius 2 is 1.36 bits per heavy atom. The molecule has 0 aliphatic rings. The summed E-state index contributed by atoms with van der Waals surface area (Å²) in [6, 6.07) is 10.6. The van der Waals surface area contributed by atoms with E-state index in [1.165, 1.54) is 5.56 Å². The smallest absolute Gasteiger partial charge is 0.870 e. The van der Waals surface area contributed by atoms with Crippen LogP contribution in [0.25, 0.3) is 0 Å². The number of hydrogen-bond acceptors (Lipinski definition) is 2. The summed E-state index contributed by atoms with van der Waals surface area (Å²) in [4.78, 5) is 0. The Balaban J connectivity index is -0.000000403. The van der Waals surface area contributed by atoms with Gasteiger partial charge < -0.3 is 15.4 Å². The molecule has 3 nitrogen and oxygen atoms in total. The molecule has 76 valence electrons. The molecule has 0 saturated carbocycles. The van der Waals surface area contributed by atoms with Crippen molar-refractivity contribution in [3.05, 3.63) is 35.9 Å². The Morgan fingerprint density at radius 1 is 0.929 bits per heavy atom. The zero-order valence-electron chi connectivity index (χ0n) is 9.44. The fourth-order valence-corrected chi connectivity index (χ4v) is 1.13. The van der Waals surface area contributed by atoms with Crippen LogP contribution in [-0.2, 0) is 6.54 Å². The molecular weight excluding hydrogens is 205 g/mol. The van der Waals surface area contributed by atoms with Gasteiger partial charge in [-0.05, 0) is 0 Å². The Kier molecular flexibility index (Phi) is 13.0. The van der Waals surface area contributed by atoms with E-state index < -0.39 is 0 Å². The van der Waals surface area contributed by atoms with Gasteiger partial charge >= 0.3 is 51.4 Å². The second-order valence-electron chi connectivity index (χ2n) is 3.93. The quantitative estimate of drug-likeness (QED) is 0.455. The topological polar surface area (TPSA) is 60.0 Å². The van der Waals surface area contributed by atoms with Crippen LogP contribution < -0.4 is 51.4 Å². The Morgan fingerprint density at radius 3 is 1.71 bits per heavy atom. The predicted octanol–water partition coefficient (Wildman–Crippen LogP) is -1.46. The minimum atomic E-state index is 0. The van der Waals surface area contributed by atoms with E-state index in [0.717, 1.165) is 11.0 Å². The first-order valence-electron chi connectivity index (χ1n) is 3.92. The Bertz CT molecular complexity index is 221. The van der Waals surface area contributed by atoms with Crippen molar-refractivity contribution in [1.82, 2.24) is 0 Å². The van der Waals surface area contributed by atoms with Crippen LogP contribution in [0, 0.1) is 0 Å². The predicted molar refractivity (Wildman–Crippen MR) is 52.1 cm³/mol. The molecule has 0 fully saturated rings. The molecule has 14 heavy (non-hydrogen) atoms. The molecule has 0 amide bonds. The van der Waals surface area contributed by atoms with Crippen LogP contribution in [0.1, 0.15) is 5.56 Å². The van der Waals surface area contributed by atoms with Gasteiger partial charge in [0.25, 0.3) is 0 Å². The third-order valence-corrected chi connectivity index (χ3v) is 1.50. The molecule has 0 radical (unpaired) electrons. The number of nitrogens with zero attached hydrogens (tertiary/aromatic N) is 1. The largest absolute Gasteiger partial charge is 1.00 e. The van der Waals surface area contributed by atoms with Gasteiger partial charge in [0.1, 0.15) is 6.54 Å². The minimum Gasteiger partial charge on any atom is -0.870 e. The first-order valence-corrected chi connectivity index (χ1v) is 3.92. The van der Waals surface area contributed by atoms with Crippen LogP contribution >= 0.6 is 0 Å². The maximum absolute atomic E-state index is 2.20. The van der Waals surface area contributed by atoms with Crippen molar-refractivity contribution in [2.24, 2.45) is 0 Å². The number of benzene rings is 1. The van der Waals surface area contributed by atoms with Gasteiger partial charge in [-0.15, -0.1) is 0 Å². The van der Waals surface area contributed by atoms with Gasteiger partial charge in [-0.3, -0.25) is 0 Å². The second-order valence-corrected chi connectivity index (χ2v) is 3.93. The van der Waals surface area contributed by atoms with Gasteiger partial charge in [0.05, 0.1) is 21.1 Å². The van der Waals surface area contributed by atoms with Gasteiger partial charge in [-0.25, -0.2) is 0 Å². The molecular formula is C10H18KNO2. The van der Waals surface area contributed by atoms with Crippen LogP contribution in [0.5, 0.6) is 0 Å². The summed E-state index contributed by atoms with van der Waals surface area (Å²) in [5, 5.41) is 0. The molecule has 0 heterocycles. The third-order valence-electron chi connectivity index (χ3n) is 1.50. The van der Waals surface area contributed by atoms with Crippen molar-refractivity contribution in [3.8, 4) is 0 Å². The van der Waals surface area contributed by atoms with Gasteiger partial charge in [0.2, 0.25) is 0 Å². The van der Waals surface area contributed by atoms with E-state index >= 15 is 0 Å². The maximum Gasteiger partial charge on any atom is 1.00 e. The van der Waals surface area contributed by atoms with Crippen LogP contribution in [0.4, 0.5) is 0 Å². The van der Waals surface area contributed by atoms with Crippen molar-refractivity contribution in [2.45, 2.75) is 6.54 Å². The van der Waals surface area contributed by atoms with E-state index in [2.05, 4.69) is 51.5 Å². The van der Waals surface area contributed by atoms with E-state index in [1.54, 1.807) is 0 Å². The summed E-state index contributed by atoms with van der Waals surface area (Å²) < 4.78 is 0.990. The van der Waals surface area contributed by atoms with Crippen molar-refractivity contribution in [2.75, 3.05) is 21.1 Å². The molecule has 4 heteroatoms. The SMILES string of the molecule is C[N+](C)(C)Cc1ccccc1.[K+].[OH-].[OH-]. The molecule has 1 rings (SSSR count). The van der Waals surface area contributed by atoms with E-state index in [0.29, 0.717) is 0 Å². The molecule has 0 unspecified atom stereocenters. The average Bonchev–Trinajstić information content (AvgIpc) is 1.85. The van der Waals surface area contributed by atoms with Gasteiger partial charge in [0.15, 0.2) is 0 Å². The van der Waals surface area contributed by atoms with Crippen molar-refractivity contribution in [1.29, 1.82) is 0 Å². The molecule has 2 N–H and O–H groups in total. The first-order chi connectivity index (χ1) is 5.08. The van der Waals surface area contributed by atoms with Crippen molar-refractivity contribution >= 4 is 0 Å². The maximum atomic E-state index is 2.20. The molecule has 1 aromatic carbocycles. The van der Waals surface area contributed by atoms with Gasteiger partial charge in [-0.2, -0.15) is 0 Å². The zero-order valence-corrected chi connectivity index (χ0v) is 12.6. The standard InChI is InChI=1S/C10H16N.K.2H2O/c1-11(2,3)9-10-7-5-4-6-8-10;;;/h4-8H,9H2,1-3H3;;2*1H2/q2*+1;;/p-2. The molecule has 0 saturated heterocycles. The molecule has 0 aromatic heterocycles. The Hall–Kier alpha value is 0.736. The minimum absolute atomic E-state index is 0. The summed E-state index contributed by atoms with van der Waals surface area (Å²) in [6.07, 6.45) is 0. The van der Waals surface area contributed by atoms with Crippen LogP contribution in [0.3, 0.4) is 0 Å². The van der Waals surface area contributed by atoms with E-state index in [-0.39, 0.29) is 62.3 Å². The van der Waals surface area contributed by atoms with Gasteiger partial charge in [-0.1, -0.05) is 30.3 Å². The van der Waals surface area contributed by atoms with Crippen LogP contribution in [0.2, 0.25) is 0 Å². The summed E-state index contributed by atoms with van der Waals surface area (Å²) in [7, 11) is 6.60. The molecule has 0 aliphatic carbocycles. The van der Waals surface area contributed by atoms with Gasteiger partial charge in [0, 0.05) is 5.56 Å². The molecule has 1 aromatic rings. The summed E-state index contributed by atoms with van der Waals surface area (Å²) in [5.41, 5.74) is 1.40. The number of rotatable bonds is 2. The summed E-state index contributed by atoms with van der Waals surface area (Å²) in [6.45, 7) is 1.10. The summed E-state index contributed by atoms with van der Waals surface area (Å²) in [5.74, 6) is 0. The Labute approximate surface area is 129 Å².